The molecule has 1 heterocycles. The van der Waals surface area contributed by atoms with Gasteiger partial charge in [-0.2, -0.15) is 5.26 Å². The zero-order valence-corrected chi connectivity index (χ0v) is 16.7. The first-order chi connectivity index (χ1) is 14.0. The van der Waals surface area contributed by atoms with Gasteiger partial charge in [-0.3, -0.25) is 9.59 Å². The molecule has 30 heavy (non-hydrogen) atoms. The Morgan fingerprint density at radius 1 is 1.40 bits per heavy atom. The number of carbonyl (C=O) groups excluding carboxylic acids is 2. The fourth-order valence-electron chi connectivity index (χ4n) is 3.18. The van der Waals surface area contributed by atoms with Crippen molar-refractivity contribution in [1.29, 1.82) is 5.26 Å². The number of nitrogens with zero attached hydrogens (tertiary/aromatic N) is 2. The number of rotatable bonds is 6. The molecule has 2 N–H and O–H groups in total. The van der Waals surface area contributed by atoms with E-state index in [9.17, 15) is 27.9 Å². The molecule has 7 nitrogen and oxygen atoms in total. The van der Waals surface area contributed by atoms with Crippen molar-refractivity contribution in [3.8, 4) is 11.8 Å². The number of benzene rings is 1. The Balaban J connectivity index is 2.03. The van der Waals surface area contributed by atoms with E-state index < -0.39 is 35.9 Å². The average molecular weight is 427 g/mol. The van der Waals surface area contributed by atoms with Crippen LogP contribution in [-0.2, 0) is 16.1 Å². The van der Waals surface area contributed by atoms with Crippen molar-refractivity contribution < 1.29 is 32.6 Å². The minimum Gasteiger partial charge on any atom is -0.405 e. The monoisotopic (exact) mass is 427 g/mol. The SMILES string of the molecule is CC(C)[C@@H](O)C(=O)N1CCCC(C(=O)NCc2ccc(C#N)cc2OC(F)(F)F)C1. The quantitative estimate of drug-likeness (QED) is 0.726. The average Bonchev–Trinajstić information content (AvgIpc) is 2.70. The van der Waals surface area contributed by atoms with Crippen molar-refractivity contribution >= 4 is 11.8 Å². The van der Waals surface area contributed by atoms with Crippen LogP contribution in [-0.4, -0.2) is 47.4 Å². The maximum atomic E-state index is 12.6. The minimum atomic E-state index is -4.94. The van der Waals surface area contributed by atoms with E-state index in [0.717, 1.165) is 6.07 Å². The summed E-state index contributed by atoms with van der Waals surface area (Å²) in [5.41, 5.74) is 0.0631. The van der Waals surface area contributed by atoms with Gasteiger partial charge in [0.05, 0.1) is 17.6 Å². The molecule has 0 radical (unpaired) electrons. The van der Waals surface area contributed by atoms with Gasteiger partial charge in [0.2, 0.25) is 5.91 Å². The number of alkyl halides is 3. The lowest BCUT2D eigenvalue weighted by molar-refractivity contribution is -0.274. The first kappa shape index (κ1) is 23.5. The zero-order chi connectivity index (χ0) is 22.5. The highest BCUT2D eigenvalue weighted by atomic mass is 19.4. The lowest BCUT2D eigenvalue weighted by Crippen LogP contribution is -2.49. The van der Waals surface area contributed by atoms with Gasteiger partial charge >= 0.3 is 6.36 Å². The van der Waals surface area contributed by atoms with Gasteiger partial charge < -0.3 is 20.1 Å². The predicted octanol–water partition coefficient (Wildman–Crippen LogP) is 2.33. The first-order valence-electron chi connectivity index (χ1n) is 9.55. The summed E-state index contributed by atoms with van der Waals surface area (Å²) in [6.07, 6.45) is -4.98. The van der Waals surface area contributed by atoms with Gasteiger partial charge in [0.1, 0.15) is 11.9 Å². The number of hydrogen-bond acceptors (Lipinski definition) is 5. The van der Waals surface area contributed by atoms with Crippen LogP contribution in [0.5, 0.6) is 5.75 Å². The molecule has 1 aromatic carbocycles. The molecule has 0 spiro atoms. The van der Waals surface area contributed by atoms with Gasteiger partial charge in [-0.1, -0.05) is 19.9 Å². The number of likely N-dealkylation sites (tertiary alicyclic amines) is 1. The van der Waals surface area contributed by atoms with Gasteiger partial charge in [-0.25, -0.2) is 0 Å². The van der Waals surface area contributed by atoms with Gasteiger partial charge in [0.15, 0.2) is 0 Å². The number of aliphatic hydroxyl groups is 1. The van der Waals surface area contributed by atoms with Crippen LogP contribution in [0.4, 0.5) is 13.2 Å². The number of halogens is 3. The molecule has 2 rings (SSSR count). The van der Waals surface area contributed by atoms with E-state index in [4.69, 9.17) is 5.26 Å². The maximum Gasteiger partial charge on any atom is 0.573 e. The van der Waals surface area contributed by atoms with Crippen LogP contribution in [0.15, 0.2) is 18.2 Å². The summed E-state index contributed by atoms with van der Waals surface area (Å²) in [4.78, 5) is 26.3. The number of ether oxygens (including phenoxy) is 1. The predicted molar refractivity (Wildman–Crippen MR) is 99.8 cm³/mol. The van der Waals surface area contributed by atoms with Gasteiger partial charge in [-0.05, 0) is 30.9 Å². The molecule has 10 heteroatoms. The lowest BCUT2D eigenvalue weighted by atomic mass is 9.95. The number of amides is 2. The second-order valence-corrected chi connectivity index (χ2v) is 7.51. The Morgan fingerprint density at radius 2 is 2.10 bits per heavy atom. The standard InChI is InChI=1S/C20H24F3N3O4/c1-12(2)17(27)19(29)26-7-3-4-15(11-26)18(28)25-10-14-6-5-13(9-24)8-16(14)30-20(21,22)23/h5-6,8,12,15,17,27H,3-4,7,10-11H2,1-2H3,(H,25,28)/t15?,17-/m1/s1. The molecule has 1 unspecified atom stereocenters. The molecule has 1 fully saturated rings. The third kappa shape index (κ3) is 6.35. The summed E-state index contributed by atoms with van der Waals surface area (Å²) in [5.74, 6) is -2.19. The summed E-state index contributed by atoms with van der Waals surface area (Å²) < 4.78 is 41.9. The molecule has 1 aliphatic rings. The van der Waals surface area contributed by atoms with Gasteiger partial charge in [0.25, 0.3) is 5.91 Å². The fourth-order valence-corrected chi connectivity index (χ4v) is 3.18. The topological polar surface area (TPSA) is 103 Å². The zero-order valence-electron chi connectivity index (χ0n) is 16.7. The van der Waals surface area contributed by atoms with Crippen molar-refractivity contribution in [3.05, 3.63) is 29.3 Å². The Morgan fingerprint density at radius 3 is 2.70 bits per heavy atom. The number of nitriles is 1. The molecular weight excluding hydrogens is 403 g/mol. The Bertz CT molecular complexity index is 820. The first-order valence-corrected chi connectivity index (χ1v) is 9.55. The molecule has 0 bridgehead atoms. The van der Waals surface area contributed by atoms with Crippen LogP contribution in [0.3, 0.4) is 0 Å². The van der Waals surface area contributed by atoms with Crippen molar-refractivity contribution in [3.63, 3.8) is 0 Å². The molecule has 2 atom stereocenters. The largest absolute Gasteiger partial charge is 0.573 e. The number of nitrogens with one attached hydrogen (secondary N) is 1. The third-order valence-corrected chi connectivity index (χ3v) is 4.86. The smallest absolute Gasteiger partial charge is 0.405 e. The van der Waals surface area contributed by atoms with Gasteiger partial charge in [0, 0.05) is 25.2 Å². The van der Waals surface area contributed by atoms with Crippen LogP contribution in [0.25, 0.3) is 0 Å². The summed E-state index contributed by atoms with van der Waals surface area (Å²) >= 11 is 0. The number of carbonyl (C=O) groups is 2. The molecule has 2 amide bonds. The normalized spacial score (nSPS) is 17.9. The fraction of sp³-hybridized carbons (Fsp3) is 0.550. The van der Waals surface area contributed by atoms with Gasteiger partial charge in [-0.15, -0.1) is 13.2 Å². The summed E-state index contributed by atoms with van der Waals surface area (Å²) in [6.45, 7) is 3.78. The number of piperidine rings is 1. The Labute approximate surface area is 172 Å². The molecule has 1 aromatic rings. The summed E-state index contributed by atoms with van der Waals surface area (Å²) in [7, 11) is 0. The highest BCUT2D eigenvalue weighted by Gasteiger charge is 2.33. The van der Waals surface area contributed by atoms with Crippen molar-refractivity contribution in [2.24, 2.45) is 11.8 Å². The van der Waals surface area contributed by atoms with E-state index in [0.29, 0.717) is 19.4 Å². The van der Waals surface area contributed by atoms with E-state index >= 15 is 0 Å². The second kappa shape index (κ2) is 9.80. The minimum absolute atomic E-state index is 0.00512. The molecule has 0 aromatic heterocycles. The van der Waals surface area contributed by atoms with Crippen LogP contribution in [0.2, 0.25) is 0 Å². The number of hydrogen-bond donors (Lipinski definition) is 2. The molecule has 1 saturated heterocycles. The Hall–Kier alpha value is -2.80. The van der Waals surface area contributed by atoms with Crippen LogP contribution < -0.4 is 10.1 Å². The molecule has 164 valence electrons. The van der Waals surface area contributed by atoms with Crippen LogP contribution in [0, 0.1) is 23.2 Å². The highest BCUT2D eigenvalue weighted by Crippen LogP contribution is 2.28. The molecule has 0 saturated carbocycles. The second-order valence-electron chi connectivity index (χ2n) is 7.51. The van der Waals surface area contributed by atoms with Crippen LogP contribution in [0.1, 0.15) is 37.8 Å². The summed E-state index contributed by atoms with van der Waals surface area (Å²) in [5, 5.41) is 21.4. The van der Waals surface area contributed by atoms with Crippen molar-refractivity contribution in [2.75, 3.05) is 13.1 Å². The van der Waals surface area contributed by atoms with E-state index in [-0.39, 0.29) is 30.1 Å². The molecular formula is C20H24F3N3O4. The van der Waals surface area contributed by atoms with Crippen LogP contribution >= 0.6 is 0 Å². The van der Waals surface area contributed by atoms with E-state index in [2.05, 4.69) is 10.1 Å². The van der Waals surface area contributed by atoms with Crippen molar-refractivity contribution in [1.82, 2.24) is 10.2 Å². The summed E-state index contributed by atoms with van der Waals surface area (Å²) in [6, 6.07) is 5.32. The van der Waals surface area contributed by atoms with E-state index in [1.165, 1.54) is 17.0 Å². The highest BCUT2D eigenvalue weighted by molar-refractivity contribution is 5.83. The molecule has 0 aliphatic carbocycles. The lowest BCUT2D eigenvalue weighted by Gasteiger charge is -2.34. The van der Waals surface area contributed by atoms with E-state index in [1.54, 1.807) is 19.9 Å². The maximum absolute atomic E-state index is 12.6. The Kier molecular flexibility index (Phi) is 7.67. The van der Waals surface area contributed by atoms with Crippen molar-refractivity contribution in [2.45, 2.75) is 45.7 Å². The van der Waals surface area contributed by atoms with E-state index in [1.807, 2.05) is 0 Å². The molecule has 1 aliphatic heterocycles. The number of aliphatic hydroxyl groups excluding tert-OH is 1. The third-order valence-electron chi connectivity index (χ3n) is 4.86.